The summed E-state index contributed by atoms with van der Waals surface area (Å²) in [4.78, 5) is 12.2. The summed E-state index contributed by atoms with van der Waals surface area (Å²) in [5.74, 6) is 0.979. The summed E-state index contributed by atoms with van der Waals surface area (Å²) in [6.45, 7) is 2.48. The molecule has 0 saturated carbocycles. The number of hydrogen-bond donors (Lipinski definition) is 1. The summed E-state index contributed by atoms with van der Waals surface area (Å²) >= 11 is 0. The predicted octanol–water partition coefficient (Wildman–Crippen LogP) is 2.89. The van der Waals surface area contributed by atoms with Crippen LogP contribution in [0.2, 0.25) is 0 Å². The Labute approximate surface area is 160 Å². The van der Waals surface area contributed by atoms with Crippen LogP contribution in [0.15, 0.2) is 48.5 Å². The van der Waals surface area contributed by atoms with Gasteiger partial charge in [0.2, 0.25) is 15.9 Å². The molecular weight excluding hydrogens is 368 g/mol. The first-order chi connectivity index (χ1) is 12.8. The highest BCUT2D eigenvalue weighted by atomic mass is 32.2. The summed E-state index contributed by atoms with van der Waals surface area (Å²) in [6, 6.07) is 13.7. The fourth-order valence-corrected chi connectivity index (χ4v) is 3.40. The standard InChI is InChI=1S/C19H24N2O5S/c1-4-26-17-10-8-15(9-11-17)20-19(22)12-13-21(27(3,23)24)16-6-5-7-18(14-16)25-2/h5-11,14H,4,12-13H2,1-3H3,(H,20,22). The first-order valence-corrected chi connectivity index (χ1v) is 10.3. The molecule has 7 nitrogen and oxygen atoms in total. The molecule has 146 valence electrons. The number of nitrogens with one attached hydrogen (secondary N) is 1. The fraction of sp³-hybridized carbons (Fsp3) is 0.316. The maximum absolute atomic E-state index is 12.2. The molecule has 0 aliphatic heterocycles. The molecule has 0 fully saturated rings. The third kappa shape index (κ3) is 6.18. The van der Waals surface area contributed by atoms with Crippen LogP contribution in [0.3, 0.4) is 0 Å². The molecule has 27 heavy (non-hydrogen) atoms. The molecule has 2 aromatic carbocycles. The Bertz CT molecular complexity index is 866. The number of sulfonamides is 1. The van der Waals surface area contributed by atoms with Gasteiger partial charge in [0.1, 0.15) is 11.5 Å². The van der Waals surface area contributed by atoms with Crippen molar-refractivity contribution in [1.82, 2.24) is 0 Å². The summed E-state index contributed by atoms with van der Waals surface area (Å²) < 4.78 is 36.0. The molecular formula is C19H24N2O5S. The van der Waals surface area contributed by atoms with Gasteiger partial charge in [0, 0.05) is 24.7 Å². The van der Waals surface area contributed by atoms with Gasteiger partial charge >= 0.3 is 0 Å². The lowest BCUT2D eigenvalue weighted by Crippen LogP contribution is -2.33. The van der Waals surface area contributed by atoms with Crippen LogP contribution in [0.5, 0.6) is 11.5 Å². The average Bonchev–Trinajstić information content (AvgIpc) is 2.63. The highest BCUT2D eigenvalue weighted by Gasteiger charge is 2.19. The number of benzene rings is 2. The molecule has 0 spiro atoms. The second-order valence-electron chi connectivity index (χ2n) is 5.79. The van der Waals surface area contributed by atoms with Crippen molar-refractivity contribution in [2.45, 2.75) is 13.3 Å². The molecule has 0 aliphatic carbocycles. The molecule has 2 rings (SSSR count). The van der Waals surface area contributed by atoms with Crippen molar-refractivity contribution in [2.24, 2.45) is 0 Å². The Hall–Kier alpha value is -2.74. The van der Waals surface area contributed by atoms with E-state index in [1.54, 1.807) is 48.5 Å². The van der Waals surface area contributed by atoms with E-state index in [4.69, 9.17) is 9.47 Å². The summed E-state index contributed by atoms with van der Waals surface area (Å²) in [7, 11) is -2.03. The van der Waals surface area contributed by atoms with Crippen LogP contribution in [0.4, 0.5) is 11.4 Å². The highest BCUT2D eigenvalue weighted by molar-refractivity contribution is 7.92. The third-order valence-electron chi connectivity index (χ3n) is 3.73. The van der Waals surface area contributed by atoms with Gasteiger partial charge in [0.05, 0.1) is 25.7 Å². The molecule has 1 amide bonds. The molecule has 0 heterocycles. The van der Waals surface area contributed by atoms with Crippen molar-refractivity contribution in [3.05, 3.63) is 48.5 Å². The first kappa shape index (κ1) is 20.6. The van der Waals surface area contributed by atoms with Gasteiger partial charge in [-0.1, -0.05) is 6.07 Å². The van der Waals surface area contributed by atoms with Crippen molar-refractivity contribution in [2.75, 3.05) is 36.1 Å². The maximum atomic E-state index is 12.2. The van der Waals surface area contributed by atoms with Gasteiger partial charge in [-0.25, -0.2) is 8.42 Å². The zero-order valence-corrected chi connectivity index (χ0v) is 16.5. The van der Waals surface area contributed by atoms with Gasteiger partial charge in [-0.15, -0.1) is 0 Å². The molecule has 0 aromatic heterocycles. The monoisotopic (exact) mass is 392 g/mol. The number of methoxy groups -OCH3 is 1. The predicted molar refractivity (Wildman–Crippen MR) is 106 cm³/mol. The Kier molecular flexibility index (Phi) is 7.06. The number of anilines is 2. The fourth-order valence-electron chi connectivity index (χ4n) is 2.48. The highest BCUT2D eigenvalue weighted by Crippen LogP contribution is 2.23. The van der Waals surface area contributed by atoms with E-state index in [-0.39, 0.29) is 18.9 Å². The second-order valence-corrected chi connectivity index (χ2v) is 7.70. The smallest absolute Gasteiger partial charge is 0.232 e. The normalized spacial score (nSPS) is 10.9. The molecule has 1 N–H and O–H groups in total. The van der Waals surface area contributed by atoms with Crippen LogP contribution in [-0.2, 0) is 14.8 Å². The van der Waals surface area contributed by atoms with Crippen LogP contribution >= 0.6 is 0 Å². The van der Waals surface area contributed by atoms with E-state index in [0.29, 0.717) is 23.7 Å². The van der Waals surface area contributed by atoms with Crippen molar-refractivity contribution in [1.29, 1.82) is 0 Å². The SMILES string of the molecule is CCOc1ccc(NC(=O)CCN(c2cccc(OC)c2)S(C)(=O)=O)cc1. The third-order valence-corrected chi connectivity index (χ3v) is 4.93. The van der Waals surface area contributed by atoms with Crippen LogP contribution < -0.4 is 19.1 Å². The van der Waals surface area contributed by atoms with Gasteiger partial charge in [-0.3, -0.25) is 9.10 Å². The number of carbonyl (C=O) groups is 1. The number of carbonyl (C=O) groups excluding carboxylic acids is 1. The number of rotatable bonds is 9. The average molecular weight is 392 g/mol. The van der Waals surface area contributed by atoms with Gasteiger partial charge in [0.15, 0.2) is 0 Å². The van der Waals surface area contributed by atoms with E-state index < -0.39 is 10.0 Å². The van der Waals surface area contributed by atoms with E-state index in [1.807, 2.05) is 6.92 Å². The van der Waals surface area contributed by atoms with Crippen molar-refractivity contribution < 1.29 is 22.7 Å². The van der Waals surface area contributed by atoms with E-state index in [0.717, 1.165) is 12.0 Å². The van der Waals surface area contributed by atoms with Crippen LogP contribution in [-0.4, -0.2) is 40.8 Å². The lowest BCUT2D eigenvalue weighted by atomic mass is 10.2. The van der Waals surface area contributed by atoms with Crippen LogP contribution in [0, 0.1) is 0 Å². The first-order valence-electron chi connectivity index (χ1n) is 8.48. The van der Waals surface area contributed by atoms with Gasteiger partial charge in [-0.2, -0.15) is 0 Å². The topological polar surface area (TPSA) is 84.9 Å². The lowest BCUT2D eigenvalue weighted by molar-refractivity contribution is -0.116. The van der Waals surface area contributed by atoms with Crippen molar-refractivity contribution in [3.8, 4) is 11.5 Å². The van der Waals surface area contributed by atoms with Crippen molar-refractivity contribution >= 4 is 27.3 Å². The Morgan fingerprint density at radius 2 is 1.81 bits per heavy atom. The Morgan fingerprint density at radius 3 is 2.41 bits per heavy atom. The summed E-state index contributed by atoms with van der Waals surface area (Å²) in [6.07, 6.45) is 1.12. The molecule has 0 aliphatic rings. The molecule has 0 saturated heterocycles. The quantitative estimate of drug-likeness (QED) is 0.709. The molecule has 8 heteroatoms. The maximum Gasteiger partial charge on any atom is 0.232 e. The van der Waals surface area contributed by atoms with Crippen molar-refractivity contribution in [3.63, 3.8) is 0 Å². The lowest BCUT2D eigenvalue weighted by Gasteiger charge is -2.22. The van der Waals surface area contributed by atoms with Gasteiger partial charge < -0.3 is 14.8 Å². The summed E-state index contributed by atoms with van der Waals surface area (Å²) in [5, 5.41) is 2.75. The minimum atomic E-state index is -3.54. The molecule has 0 atom stereocenters. The number of ether oxygens (including phenoxy) is 2. The van der Waals surface area contributed by atoms with Crippen LogP contribution in [0.25, 0.3) is 0 Å². The van der Waals surface area contributed by atoms with E-state index in [1.165, 1.54) is 11.4 Å². The minimum Gasteiger partial charge on any atom is -0.497 e. The molecule has 0 unspecified atom stereocenters. The Morgan fingerprint density at radius 1 is 1.11 bits per heavy atom. The van der Waals surface area contributed by atoms with E-state index in [9.17, 15) is 13.2 Å². The molecule has 0 radical (unpaired) electrons. The second kappa shape index (κ2) is 9.27. The number of nitrogens with zero attached hydrogens (tertiary/aromatic N) is 1. The number of amides is 1. The van der Waals surface area contributed by atoms with Gasteiger partial charge in [0.25, 0.3) is 0 Å². The van der Waals surface area contributed by atoms with E-state index in [2.05, 4.69) is 5.32 Å². The largest absolute Gasteiger partial charge is 0.497 e. The summed E-state index contributed by atoms with van der Waals surface area (Å²) in [5.41, 5.74) is 1.07. The number of hydrogen-bond acceptors (Lipinski definition) is 5. The molecule has 2 aromatic rings. The zero-order chi connectivity index (χ0) is 19.9. The Balaban J connectivity index is 2.02. The molecule has 0 bridgehead atoms. The van der Waals surface area contributed by atoms with E-state index >= 15 is 0 Å². The van der Waals surface area contributed by atoms with Gasteiger partial charge in [-0.05, 0) is 43.3 Å². The zero-order valence-electron chi connectivity index (χ0n) is 15.6. The van der Waals surface area contributed by atoms with Crippen LogP contribution in [0.1, 0.15) is 13.3 Å². The minimum absolute atomic E-state index is 0.0114.